The number of terminal acetylenes is 1. The molecule has 0 bridgehead atoms. The number of nitrogens with one attached hydrogen (secondary N) is 2. The summed E-state index contributed by atoms with van der Waals surface area (Å²) in [7, 11) is 0. The average Bonchev–Trinajstić information content (AvgIpc) is 3.36. The predicted molar refractivity (Wildman–Crippen MR) is 143 cm³/mol. The van der Waals surface area contributed by atoms with Gasteiger partial charge in [0.05, 0.1) is 6.04 Å². The molecule has 33 heavy (non-hydrogen) atoms. The van der Waals surface area contributed by atoms with E-state index in [0.717, 1.165) is 63.6 Å². The third kappa shape index (κ3) is 7.61. The number of hydrogen-bond acceptors (Lipinski definition) is 4. The summed E-state index contributed by atoms with van der Waals surface area (Å²) in [5.74, 6) is 3.32. The Balaban J connectivity index is 0.00000385. The summed E-state index contributed by atoms with van der Waals surface area (Å²) >= 11 is 0. The molecule has 1 atom stereocenters. The van der Waals surface area contributed by atoms with Crippen molar-refractivity contribution in [2.45, 2.75) is 32.7 Å². The number of halogens is 1. The molecular formula is C24H35IN6O2. The Morgan fingerprint density at radius 3 is 2.45 bits per heavy atom. The van der Waals surface area contributed by atoms with Crippen molar-refractivity contribution in [1.82, 2.24) is 20.0 Å². The van der Waals surface area contributed by atoms with Crippen molar-refractivity contribution in [2.24, 2.45) is 4.99 Å². The van der Waals surface area contributed by atoms with Crippen molar-refractivity contribution in [3.05, 3.63) is 29.8 Å². The van der Waals surface area contributed by atoms with Gasteiger partial charge in [0.1, 0.15) is 6.54 Å². The maximum atomic E-state index is 12.7. The molecule has 2 heterocycles. The SMILES string of the molecule is C#Cc1cccc(NC(=O)CN=C(NCC)N2CCN(C(C)C(=O)N3CCCC3)CC2)c1.I. The number of carbonyl (C=O) groups is 2. The van der Waals surface area contributed by atoms with Crippen LogP contribution in [0.4, 0.5) is 5.69 Å². The lowest BCUT2D eigenvalue weighted by Crippen LogP contribution is -2.57. The normalized spacial score (nSPS) is 17.7. The Morgan fingerprint density at radius 2 is 1.82 bits per heavy atom. The van der Waals surface area contributed by atoms with Gasteiger partial charge in [-0.25, -0.2) is 4.99 Å². The highest BCUT2D eigenvalue weighted by atomic mass is 127. The summed E-state index contributed by atoms with van der Waals surface area (Å²) in [5, 5.41) is 6.12. The molecule has 9 heteroatoms. The Labute approximate surface area is 214 Å². The molecule has 1 aromatic rings. The van der Waals surface area contributed by atoms with Gasteiger partial charge in [0.2, 0.25) is 11.8 Å². The van der Waals surface area contributed by atoms with Crippen molar-refractivity contribution in [3.8, 4) is 12.3 Å². The number of hydrogen-bond donors (Lipinski definition) is 2. The Bertz CT molecular complexity index is 870. The molecule has 2 amide bonds. The molecule has 2 fully saturated rings. The number of piperazine rings is 1. The van der Waals surface area contributed by atoms with E-state index in [-0.39, 0.29) is 48.4 Å². The van der Waals surface area contributed by atoms with Crippen LogP contribution in [-0.4, -0.2) is 90.9 Å². The van der Waals surface area contributed by atoms with Gasteiger partial charge >= 0.3 is 0 Å². The highest BCUT2D eigenvalue weighted by Gasteiger charge is 2.30. The van der Waals surface area contributed by atoms with E-state index in [1.165, 1.54) is 0 Å². The molecule has 2 N–H and O–H groups in total. The number of guanidine groups is 1. The van der Waals surface area contributed by atoms with Crippen molar-refractivity contribution in [3.63, 3.8) is 0 Å². The highest BCUT2D eigenvalue weighted by molar-refractivity contribution is 14.0. The molecule has 0 aliphatic carbocycles. The van der Waals surface area contributed by atoms with Crippen LogP contribution in [0.2, 0.25) is 0 Å². The Kier molecular flexibility index (Phi) is 10.9. The number of rotatable bonds is 6. The number of benzene rings is 1. The smallest absolute Gasteiger partial charge is 0.246 e. The van der Waals surface area contributed by atoms with Gasteiger partial charge in [-0.05, 0) is 44.9 Å². The molecule has 2 aliphatic heterocycles. The van der Waals surface area contributed by atoms with Crippen LogP contribution < -0.4 is 10.6 Å². The second-order valence-corrected chi connectivity index (χ2v) is 8.17. The van der Waals surface area contributed by atoms with E-state index in [1.54, 1.807) is 12.1 Å². The quantitative estimate of drug-likeness (QED) is 0.238. The van der Waals surface area contributed by atoms with Crippen molar-refractivity contribution in [2.75, 3.05) is 57.7 Å². The highest BCUT2D eigenvalue weighted by Crippen LogP contribution is 2.14. The minimum atomic E-state index is -0.196. The topological polar surface area (TPSA) is 80.3 Å². The van der Waals surface area contributed by atoms with E-state index in [0.29, 0.717) is 12.2 Å². The van der Waals surface area contributed by atoms with Gasteiger partial charge in [0.15, 0.2) is 5.96 Å². The first-order valence-electron chi connectivity index (χ1n) is 11.4. The first-order valence-corrected chi connectivity index (χ1v) is 11.4. The number of anilines is 1. The van der Waals surface area contributed by atoms with Crippen LogP contribution in [0.3, 0.4) is 0 Å². The second-order valence-electron chi connectivity index (χ2n) is 8.17. The van der Waals surface area contributed by atoms with Gasteiger partial charge < -0.3 is 20.4 Å². The second kappa shape index (κ2) is 13.4. The third-order valence-electron chi connectivity index (χ3n) is 5.96. The van der Waals surface area contributed by atoms with Crippen molar-refractivity contribution < 1.29 is 9.59 Å². The lowest BCUT2D eigenvalue weighted by atomic mass is 10.2. The van der Waals surface area contributed by atoms with Crippen LogP contribution in [0, 0.1) is 12.3 Å². The molecule has 3 rings (SSSR count). The standard InChI is InChI=1S/C24H34N6O2.HI/c1-4-20-9-8-10-21(17-20)27-22(31)18-26-24(25-5-2)30-15-13-28(14-16-30)19(3)23(32)29-11-6-7-12-29;/h1,8-10,17,19H,5-7,11-16,18H2,2-3H3,(H,25,26)(H,27,31);1H. The maximum absolute atomic E-state index is 12.7. The molecule has 1 unspecified atom stereocenters. The number of nitrogens with zero attached hydrogens (tertiary/aromatic N) is 4. The summed E-state index contributed by atoms with van der Waals surface area (Å²) in [6, 6.07) is 7.09. The fourth-order valence-electron chi connectivity index (χ4n) is 4.14. The summed E-state index contributed by atoms with van der Waals surface area (Å²) in [4.78, 5) is 36.0. The van der Waals surface area contributed by atoms with E-state index in [4.69, 9.17) is 6.42 Å². The first-order chi connectivity index (χ1) is 15.5. The number of aliphatic imine (C=N–C) groups is 1. The molecule has 2 aliphatic rings. The fourth-order valence-corrected chi connectivity index (χ4v) is 4.14. The molecule has 0 radical (unpaired) electrons. The third-order valence-corrected chi connectivity index (χ3v) is 5.96. The van der Waals surface area contributed by atoms with Crippen LogP contribution in [0.25, 0.3) is 0 Å². The van der Waals surface area contributed by atoms with E-state index in [2.05, 4.69) is 31.3 Å². The summed E-state index contributed by atoms with van der Waals surface area (Å²) in [6.45, 7) is 9.62. The van der Waals surface area contributed by atoms with Gasteiger partial charge in [-0.1, -0.05) is 12.0 Å². The van der Waals surface area contributed by atoms with Gasteiger partial charge in [0.25, 0.3) is 0 Å². The maximum Gasteiger partial charge on any atom is 0.246 e. The minimum absolute atomic E-state index is 0. The number of likely N-dealkylation sites (tertiary alicyclic amines) is 1. The van der Waals surface area contributed by atoms with Gasteiger partial charge in [0, 0.05) is 57.1 Å². The Morgan fingerprint density at radius 1 is 1.12 bits per heavy atom. The van der Waals surface area contributed by atoms with E-state index >= 15 is 0 Å². The molecule has 0 spiro atoms. The lowest BCUT2D eigenvalue weighted by Gasteiger charge is -2.39. The molecule has 0 aromatic heterocycles. The summed E-state index contributed by atoms with van der Waals surface area (Å²) in [6.07, 6.45) is 7.64. The fraction of sp³-hybridized carbons (Fsp3) is 0.542. The van der Waals surface area contributed by atoms with Crippen LogP contribution in [-0.2, 0) is 9.59 Å². The van der Waals surface area contributed by atoms with E-state index in [9.17, 15) is 9.59 Å². The average molecular weight is 566 g/mol. The zero-order chi connectivity index (χ0) is 22.9. The molecule has 180 valence electrons. The molecule has 0 saturated carbocycles. The molecule has 8 nitrogen and oxygen atoms in total. The summed E-state index contributed by atoms with van der Waals surface area (Å²) < 4.78 is 0. The zero-order valence-corrected chi connectivity index (χ0v) is 21.9. The Hall–Kier alpha value is -2.32. The number of amides is 2. The van der Waals surface area contributed by atoms with Crippen LogP contribution in [0.15, 0.2) is 29.3 Å². The molecular weight excluding hydrogens is 531 g/mol. The van der Waals surface area contributed by atoms with Crippen LogP contribution in [0.5, 0.6) is 0 Å². The van der Waals surface area contributed by atoms with Crippen LogP contribution >= 0.6 is 24.0 Å². The number of carbonyl (C=O) groups excluding carboxylic acids is 2. The molecule has 1 aromatic carbocycles. The molecule has 2 saturated heterocycles. The first kappa shape index (κ1) is 26.9. The summed E-state index contributed by atoms with van der Waals surface area (Å²) in [5.41, 5.74) is 1.38. The minimum Gasteiger partial charge on any atom is -0.357 e. The van der Waals surface area contributed by atoms with Gasteiger partial charge in [-0.2, -0.15) is 0 Å². The van der Waals surface area contributed by atoms with Crippen molar-refractivity contribution in [1.29, 1.82) is 0 Å². The van der Waals surface area contributed by atoms with Gasteiger partial charge in [-0.15, -0.1) is 30.4 Å². The van der Waals surface area contributed by atoms with Crippen molar-refractivity contribution >= 4 is 47.4 Å². The lowest BCUT2D eigenvalue weighted by molar-refractivity contribution is -0.135. The van der Waals surface area contributed by atoms with E-state index < -0.39 is 0 Å². The van der Waals surface area contributed by atoms with Gasteiger partial charge in [-0.3, -0.25) is 14.5 Å². The zero-order valence-electron chi connectivity index (χ0n) is 19.5. The predicted octanol–water partition coefficient (Wildman–Crippen LogP) is 1.82. The van der Waals surface area contributed by atoms with E-state index in [1.807, 2.05) is 30.9 Å². The van der Waals surface area contributed by atoms with Crippen LogP contribution in [0.1, 0.15) is 32.3 Å². The monoisotopic (exact) mass is 566 g/mol. The largest absolute Gasteiger partial charge is 0.357 e.